The van der Waals surface area contributed by atoms with Crippen molar-refractivity contribution in [2.45, 2.75) is 6.92 Å². The van der Waals surface area contributed by atoms with Crippen molar-refractivity contribution >= 4 is 134 Å². The minimum Gasteiger partial charge on any atom is -1.00 e. The minimum absolute atomic E-state index is 0. The maximum Gasteiger partial charge on any atom is 2.00 e. The Morgan fingerprint density at radius 2 is 1.09 bits per heavy atom. The number of hydrogen-bond acceptors (Lipinski definition) is 9. The van der Waals surface area contributed by atoms with Crippen LogP contribution >= 0.6 is 93.6 Å². The molecule has 0 saturated carbocycles. The smallest absolute Gasteiger partial charge is 1.00 e. The van der Waals surface area contributed by atoms with E-state index >= 15 is 0 Å². The van der Waals surface area contributed by atoms with Crippen LogP contribution in [0.5, 0.6) is 0 Å². The molecule has 3 heterocycles. The average molecular weight is 808 g/mol. The van der Waals surface area contributed by atoms with Crippen LogP contribution in [-0.2, 0) is 9.68 Å². The molecule has 1 N–H and O–H groups in total. The number of ketones is 1. The van der Waals surface area contributed by atoms with Gasteiger partial charge in [-0.1, -0.05) is 69.6 Å². The zero-order valence-electron chi connectivity index (χ0n) is 23.9. The van der Waals surface area contributed by atoms with Crippen molar-refractivity contribution in [3.05, 3.63) is 91.4 Å². The van der Waals surface area contributed by atoms with Crippen LogP contribution in [0.2, 0.25) is 30.5 Å². The Labute approximate surface area is 319 Å². The second-order valence-corrected chi connectivity index (χ2v) is 9.35. The molecule has 0 spiro atoms. The number of rotatable bonds is 5. The quantitative estimate of drug-likeness (QED) is 0.0982. The molecule has 0 atom stereocenters. The number of halogens is 9. The fraction of sp³-hybridized carbons (Fsp3) is 0.208. The van der Waals surface area contributed by atoms with Crippen molar-refractivity contribution < 1.29 is 36.5 Å². The first-order valence-electron chi connectivity index (χ1n) is 10.4. The van der Waals surface area contributed by atoms with Gasteiger partial charge >= 0.3 is 23.1 Å². The summed E-state index contributed by atoms with van der Waals surface area (Å²) >= 11 is 38.6. The molecule has 0 bridgehead atoms. The second-order valence-electron chi connectivity index (χ2n) is 6.71. The monoisotopic (exact) mass is 803 g/mol. The van der Waals surface area contributed by atoms with E-state index in [9.17, 15) is 14.4 Å². The van der Waals surface area contributed by atoms with Crippen LogP contribution in [0.1, 0.15) is 38.0 Å². The van der Waals surface area contributed by atoms with Crippen LogP contribution < -0.4 is 17.9 Å². The summed E-state index contributed by atoms with van der Waals surface area (Å²) in [4.78, 5) is 52.9. The van der Waals surface area contributed by atoms with Gasteiger partial charge < -0.3 is 24.7 Å². The summed E-state index contributed by atoms with van der Waals surface area (Å²) in [5, 5.41) is 1.78. The Morgan fingerprint density at radius 3 is 1.39 bits per heavy atom. The molecular weight excluding hydrogens is 782 g/mol. The molecule has 44 heavy (non-hydrogen) atoms. The second kappa shape index (κ2) is 28.7. The number of hydrogen-bond donors (Lipinski definition) is 1. The predicted molar refractivity (Wildman–Crippen MR) is 178 cm³/mol. The number of amides is 1. The van der Waals surface area contributed by atoms with Gasteiger partial charge in [-0.3, -0.25) is 19.2 Å². The van der Waals surface area contributed by atoms with Crippen molar-refractivity contribution in [1.29, 1.82) is 0 Å². The summed E-state index contributed by atoms with van der Waals surface area (Å²) in [6.45, 7) is 1.45. The van der Waals surface area contributed by atoms with Gasteiger partial charge in [-0.05, 0) is 36.7 Å². The number of hydroxylamine groups is 3. The number of pyridine rings is 3. The van der Waals surface area contributed by atoms with Gasteiger partial charge in [0.1, 0.15) is 15.5 Å². The first-order chi connectivity index (χ1) is 18.7. The minimum atomic E-state index is -0.601. The average Bonchev–Trinajstić information content (AvgIpc) is 2.93. The molecule has 0 aliphatic rings. The van der Waals surface area contributed by atoms with Crippen LogP contribution in [0.3, 0.4) is 0 Å². The zero-order valence-corrected chi connectivity index (χ0v) is 32.2. The maximum atomic E-state index is 11.5. The molecular formula is C24H26Cl9MgN5O5. The van der Waals surface area contributed by atoms with Gasteiger partial charge in [0.2, 0.25) is 0 Å². The topological polar surface area (TPSA) is 124 Å². The van der Waals surface area contributed by atoms with Gasteiger partial charge in [-0.2, -0.15) is 0 Å². The Morgan fingerprint density at radius 1 is 0.773 bits per heavy atom. The van der Waals surface area contributed by atoms with Crippen molar-refractivity contribution in [2.24, 2.45) is 0 Å². The Balaban J connectivity index is -0.000000157. The number of nitrogens with one attached hydrogen (secondary N) is 1. The predicted octanol–water partition coefficient (Wildman–Crippen LogP) is 4.64. The van der Waals surface area contributed by atoms with E-state index in [0.717, 1.165) is 5.06 Å². The normalized spacial score (nSPS) is 8.73. The molecule has 0 saturated heterocycles. The molecule has 0 fully saturated rings. The van der Waals surface area contributed by atoms with Gasteiger partial charge in [0, 0.05) is 38.2 Å². The maximum absolute atomic E-state index is 11.5. The molecule has 3 rings (SSSR count). The van der Waals surface area contributed by atoms with E-state index in [1.165, 1.54) is 57.9 Å². The van der Waals surface area contributed by atoms with Crippen molar-refractivity contribution in [1.82, 2.24) is 25.5 Å². The van der Waals surface area contributed by atoms with Crippen molar-refractivity contribution in [3.63, 3.8) is 0 Å². The van der Waals surface area contributed by atoms with Gasteiger partial charge in [0.25, 0.3) is 11.1 Å². The fourth-order valence-electron chi connectivity index (χ4n) is 1.95. The molecule has 1 amide bonds. The number of carbonyl (C=O) groups excluding carboxylic acids is 3. The summed E-state index contributed by atoms with van der Waals surface area (Å²) in [5.74, 6) is -0.408. The molecule has 0 unspecified atom stereocenters. The fourth-order valence-corrected chi connectivity index (χ4v) is 2.86. The standard InChI is InChI=1S/C8H8Cl2N2O2.C7H5Cl2NO.C6H2Cl3NO.C2H7NO.CH3.2ClH.Mg/c1-12(14-2)8(13)5-3-6(9)7(10)11-4-5;1-4(11)5-2-6(8)7(9)10-3-5;7-4-1-3(6(9)11)2-10-5(4)8;1-3-4-2;;;;/h3-4H,1-2H3;2-3H,1H3;1-2H;3H,1-2H3;1H3;2*1H;/q;;;;-1;;;+2/p-1. The Hall–Kier alpha value is -0.484. The molecule has 3 aromatic heterocycles. The van der Waals surface area contributed by atoms with E-state index < -0.39 is 5.24 Å². The van der Waals surface area contributed by atoms with Crippen LogP contribution in [0.4, 0.5) is 0 Å². The van der Waals surface area contributed by atoms with Crippen LogP contribution in [-0.4, -0.2) is 88.3 Å². The Bertz CT molecular complexity index is 1250. The van der Waals surface area contributed by atoms with E-state index in [1.807, 2.05) is 0 Å². The summed E-state index contributed by atoms with van der Waals surface area (Å²) in [6, 6.07) is 4.31. The molecule has 0 radical (unpaired) electrons. The third kappa shape index (κ3) is 20.6. The zero-order chi connectivity index (χ0) is 31.0. The third-order valence-corrected chi connectivity index (χ3v) is 6.31. The third-order valence-electron chi connectivity index (χ3n) is 4.03. The number of nitrogens with zero attached hydrogens (tertiary/aromatic N) is 4. The van der Waals surface area contributed by atoms with Crippen molar-refractivity contribution in [3.8, 4) is 0 Å². The summed E-state index contributed by atoms with van der Waals surface area (Å²) < 4.78 is 0. The molecule has 0 aliphatic heterocycles. The van der Waals surface area contributed by atoms with Crippen LogP contribution in [0, 0.1) is 7.43 Å². The van der Waals surface area contributed by atoms with E-state index in [-0.39, 0.29) is 98.1 Å². The van der Waals surface area contributed by atoms with Gasteiger partial charge in [0.15, 0.2) is 5.78 Å². The number of carbonyl (C=O) groups is 3. The number of Topliss-reactive ketones (excluding diaryl/α,β-unsaturated/α-hetero) is 1. The van der Waals surface area contributed by atoms with E-state index in [4.69, 9.17) is 86.0 Å². The molecule has 242 valence electrons. The van der Waals surface area contributed by atoms with Crippen LogP contribution in [0.25, 0.3) is 0 Å². The molecule has 20 heteroatoms. The summed E-state index contributed by atoms with van der Waals surface area (Å²) in [5.41, 5.74) is 3.46. The number of aromatic nitrogens is 3. The molecule has 10 nitrogen and oxygen atoms in total. The van der Waals surface area contributed by atoms with Gasteiger partial charge in [0.05, 0.1) is 40.4 Å². The first-order valence-corrected chi connectivity index (χ1v) is 13.0. The van der Waals surface area contributed by atoms with Gasteiger partial charge in [-0.25, -0.2) is 25.5 Å². The van der Waals surface area contributed by atoms with E-state index in [1.54, 1.807) is 14.2 Å². The largest absolute Gasteiger partial charge is 2.00 e. The summed E-state index contributed by atoms with van der Waals surface area (Å²) in [6.07, 6.45) is 4.01. The molecule has 0 aromatic carbocycles. The van der Waals surface area contributed by atoms with Gasteiger partial charge in [-0.15, -0.1) is 12.4 Å². The molecule has 0 aliphatic carbocycles. The van der Waals surface area contributed by atoms with E-state index in [2.05, 4.69) is 25.3 Å². The van der Waals surface area contributed by atoms with Crippen LogP contribution in [0.15, 0.2) is 36.8 Å². The van der Waals surface area contributed by atoms with Crippen molar-refractivity contribution in [2.75, 3.05) is 28.3 Å². The molecule has 3 aromatic rings. The summed E-state index contributed by atoms with van der Waals surface area (Å²) in [7, 11) is 6.16. The SMILES string of the molecule is CC(=O)c1cnc(Cl)c(Cl)c1.CNOC.CON(C)C(=O)c1cnc(Cl)c(Cl)c1.Cl.O=C(Cl)c1cnc(Cl)c(Cl)c1.[CH3-].[Cl-].[Mg+2]. The Kier molecular flexibility index (Phi) is 34.6. The van der Waals surface area contributed by atoms with E-state index in [0.29, 0.717) is 16.1 Å². The first kappa shape index (κ1) is 53.0.